The van der Waals surface area contributed by atoms with E-state index in [2.05, 4.69) is 27.7 Å². The molecule has 0 atom stereocenters. The zero-order chi connectivity index (χ0) is 15.8. The third kappa shape index (κ3) is 5.58. The summed E-state index contributed by atoms with van der Waals surface area (Å²) in [5.74, 6) is 0. The Kier molecular flexibility index (Phi) is 5.98. The molecule has 22 heavy (non-hydrogen) atoms. The van der Waals surface area contributed by atoms with Crippen LogP contribution in [0.25, 0.3) is 0 Å². The van der Waals surface area contributed by atoms with Crippen LogP contribution in [-0.4, -0.2) is 25.0 Å². The van der Waals surface area contributed by atoms with Gasteiger partial charge in [-0.05, 0) is 30.8 Å². The molecule has 4 heteroatoms. The fraction of sp³-hybridized carbons (Fsp3) is 0.278. The highest BCUT2D eigenvalue weighted by Gasteiger charge is 2.02. The normalized spacial score (nSPS) is 10.5. The molecule has 0 aliphatic heterocycles. The van der Waals surface area contributed by atoms with Gasteiger partial charge in [-0.2, -0.15) is 0 Å². The van der Waals surface area contributed by atoms with Crippen molar-refractivity contribution in [3.63, 3.8) is 0 Å². The van der Waals surface area contributed by atoms with E-state index in [-0.39, 0.29) is 6.03 Å². The zero-order valence-electron chi connectivity index (χ0n) is 13.2. The van der Waals surface area contributed by atoms with Crippen molar-refractivity contribution in [2.24, 2.45) is 0 Å². The van der Waals surface area contributed by atoms with E-state index in [1.165, 1.54) is 5.56 Å². The lowest BCUT2D eigenvalue weighted by Gasteiger charge is -2.12. The molecule has 0 aliphatic carbocycles. The Morgan fingerprint density at radius 2 is 1.45 bits per heavy atom. The summed E-state index contributed by atoms with van der Waals surface area (Å²) >= 11 is 0. The first-order chi connectivity index (χ1) is 10.6. The number of benzene rings is 2. The molecular weight excluding hydrogens is 274 g/mol. The van der Waals surface area contributed by atoms with E-state index < -0.39 is 0 Å². The molecule has 0 heterocycles. The molecule has 2 aromatic carbocycles. The van der Waals surface area contributed by atoms with Gasteiger partial charge in [0, 0.05) is 19.6 Å². The molecule has 0 bridgehead atoms. The fourth-order valence-electron chi connectivity index (χ4n) is 2.23. The Morgan fingerprint density at radius 1 is 0.864 bits per heavy atom. The lowest BCUT2D eigenvalue weighted by atomic mass is 10.1. The van der Waals surface area contributed by atoms with Gasteiger partial charge in [0.15, 0.2) is 0 Å². The molecular formula is C18H23N3O. The van der Waals surface area contributed by atoms with E-state index in [4.69, 9.17) is 0 Å². The molecule has 0 spiro atoms. The Hall–Kier alpha value is -2.33. The summed E-state index contributed by atoms with van der Waals surface area (Å²) in [6.45, 7) is 1.96. The van der Waals surface area contributed by atoms with Gasteiger partial charge in [0.05, 0.1) is 0 Å². The zero-order valence-corrected chi connectivity index (χ0v) is 13.2. The largest absolute Gasteiger partial charge is 0.334 e. The summed E-state index contributed by atoms with van der Waals surface area (Å²) in [5.41, 5.74) is 3.44. The third-order valence-corrected chi connectivity index (χ3v) is 3.24. The van der Waals surface area contributed by atoms with Crippen LogP contribution in [0.2, 0.25) is 0 Å². The number of nitrogens with one attached hydrogen (secondary N) is 2. The van der Waals surface area contributed by atoms with Gasteiger partial charge < -0.3 is 15.5 Å². The van der Waals surface area contributed by atoms with Crippen LogP contribution in [-0.2, 0) is 19.6 Å². The van der Waals surface area contributed by atoms with Gasteiger partial charge in [-0.25, -0.2) is 4.79 Å². The van der Waals surface area contributed by atoms with Crippen LogP contribution >= 0.6 is 0 Å². The van der Waals surface area contributed by atoms with Crippen LogP contribution < -0.4 is 10.6 Å². The van der Waals surface area contributed by atoms with Gasteiger partial charge >= 0.3 is 6.03 Å². The lowest BCUT2D eigenvalue weighted by Crippen LogP contribution is -2.34. The number of urea groups is 1. The van der Waals surface area contributed by atoms with Crippen molar-refractivity contribution in [2.75, 3.05) is 14.1 Å². The quantitative estimate of drug-likeness (QED) is 0.861. The first-order valence-electron chi connectivity index (χ1n) is 7.41. The van der Waals surface area contributed by atoms with Crippen molar-refractivity contribution < 1.29 is 4.79 Å². The van der Waals surface area contributed by atoms with Gasteiger partial charge in [-0.3, -0.25) is 0 Å². The van der Waals surface area contributed by atoms with E-state index in [0.29, 0.717) is 13.1 Å². The number of amides is 2. The van der Waals surface area contributed by atoms with E-state index in [1.54, 1.807) is 0 Å². The predicted octanol–water partition coefficient (Wildman–Crippen LogP) is 2.75. The first-order valence-corrected chi connectivity index (χ1v) is 7.41. The highest BCUT2D eigenvalue weighted by molar-refractivity contribution is 5.73. The van der Waals surface area contributed by atoms with E-state index in [1.807, 2.05) is 56.6 Å². The smallest absolute Gasteiger partial charge is 0.315 e. The molecule has 2 N–H and O–H groups in total. The summed E-state index contributed by atoms with van der Waals surface area (Å²) in [5, 5.41) is 5.74. The average molecular weight is 297 g/mol. The average Bonchev–Trinajstić information content (AvgIpc) is 2.52. The number of rotatable bonds is 6. The number of carbonyl (C=O) groups is 1. The Labute approximate surface area is 132 Å². The Balaban J connectivity index is 1.78. The van der Waals surface area contributed by atoms with Crippen LogP contribution in [0, 0.1) is 0 Å². The summed E-state index contributed by atoms with van der Waals surface area (Å²) in [6.07, 6.45) is 0. The van der Waals surface area contributed by atoms with Crippen molar-refractivity contribution >= 4 is 6.03 Å². The SMILES string of the molecule is CN(C)Cc1cccc(CNC(=O)NCc2ccccc2)c1. The summed E-state index contributed by atoms with van der Waals surface area (Å²) in [7, 11) is 4.09. The standard InChI is InChI=1S/C18H23N3O/c1-21(2)14-17-10-6-9-16(11-17)13-20-18(22)19-12-15-7-4-3-5-8-15/h3-11H,12-14H2,1-2H3,(H2,19,20,22). The van der Waals surface area contributed by atoms with E-state index >= 15 is 0 Å². The molecule has 116 valence electrons. The molecule has 2 amide bonds. The molecule has 2 aromatic rings. The van der Waals surface area contributed by atoms with Crippen molar-refractivity contribution in [1.29, 1.82) is 0 Å². The van der Waals surface area contributed by atoms with Gasteiger partial charge in [0.25, 0.3) is 0 Å². The molecule has 0 aliphatic rings. The molecule has 0 fully saturated rings. The van der Waals surface area contributed by atoms with Gasteiger partial charge in [-0.15, -0.1) is 0 Å². The Bertz CT molecular complexity index is 596. The topological polar surface area (TPSA) is 44.4 Å². The Morgan fingerprint density at radius 3 is 2.14 bits per heavy atom. The summed E-state index contributed by atoms with van der Waals surface area (Å²) in [4.78, 5) is 13.9. The van der Waals surface area contributed by atoms with Crippen LogP contribution in [0.1, 0.15) is 16.7 Å². The second-order valence-electron chi connectivity index (χ2n) is 5.58. The maximum atomic E-state index is 11.8. The van der Waals surface area contributed by atoms with Crippen LogP contribution in [0.4, 0.5) is 4.79 Å². The van der Waals surface area contributed by atoms with Crippen LogP contribution in [0.5, 0.6) is 0 Å². The van der Waals surface area contributed by atoms with Gasteiger partial charge in [-0.1, -0.05) is 54.6 Å². The van der Waals surface area contributed by atoms with Gasteiger partial charge in [0.2, 0.25) is 0 Å². The van der Waals surface area contributed by atoms with Gasteiger partial charge in [0.1, 0.15) is 0 Å². The molecule has 0 saturated heterocycles. The second-order valence-corrected chi connectivity index (χ2v) is 5.58. The molecule has 0 saturated carbocycles. The summed E-state index contributed by atoms with van der Waals surface area (Å²) < 4.78 is 0. The van der Waals surface area contributed by atoms with Crippen molar-refractivity contribution in [3.8, 4) is 0 Å². The second kappa shape index (κ2) is 8.20. The molecule has 4 nitrogen and oxygen atoms in total. The lowest BCUT2D eigenvalue weighted by molar-refractivity contribution is 0.240. The highest BCUT2D eigenvalue weighted by Crippen LogP contribution is 2.07. The number of nitrogens with zero attached hydrogens (tertiary/aromatic N) is 1. The minimum atomic E-state index is -0.151. The molecule has 0 radical (unpaired) electrons. The first kappa shape index (κ1) is 16.0. The van der Waals surface area contributed by atoms with E-state index in [0.717, 1.165) is 17.7 Å². The third-order valence-electron chi connectivity index (χ3n) is 3.24. The fourth-order valence-corrected chi connectivity index (χ4v) is 2.23. The van der Waals surface area contributed by atoms with Crippen molar-refractivity contribution in [1.82, 2.24) is 15.5 Å². The number of hydrogen-bond donors (Lipinski definition) is 2. The summed E-state index contributed by atoms with van der Waals surface area (Å²) in [6, 6.07) is 18.0. The molecule has 0 unspecified atom stereocenters. The maximum absolute atomic E-state index is 11.8. The molecule has 0 aromatic heterocycles. The number of carbonyl (C=O) groups excluding carboxylic acids is 1. The van der Waals surface area contributed by atoms with E-state index in [9.17, 15) is 4.79 Å². The molecule has 2 rings (SSSR count). The highest BCUT2D eigenvalue weighted by atomic mass is 16.2. The number of hydrogen-bond acceptors (Lipinski definition) is 2. The minimum Gasteiger partial charge on any atom is -0.334 e. The van der Waals surface area contributed by atoms with Crippen molar-refractivity contribution in [3.05, 3.63) is 71.3 Å². The minimum absolute atomic E-state index is 0.151. The maximum Gasteiger partial charge on any atom is 0.315 e. The monoisotopic (exact) mass is 297 g/mol. The van der Waals surface area contributed by atoms with Crippen molar-refractivity contribution in [2.45, 2.75) is 19.6 Å². The van der Waals surface area contributed by atoms with Crippen LogP contribution in [0.3, 0.4) is 0 Å². The predicted molar refractivity (Wildman–Crippen MR) is 89.4 cm³/mol. The van der Waals surface area contributed by atoms with Crippen LogP contribution in [0.15, 0.2) is 54.6 Å².